The van der Waals surface area contributed by atoms with E-state index in [0.717, 1.165) is 22.2 Å². The van der Waals surface area contributed by atoms with Crippen molar-refractivity contribution in [2.24, 2.45) is 23.7 Å². The normalized spacial score (nSPS) is 28.8. The molecule has 0 radical (unpaired) electrons. The summed E-state index contributed by atoms with van der Waals surface area (Å²) in [6.07, 6.45) is 4.83. The van der Waals surface area contributed by atoms with Crippen LogP contribution in [0.15, 0.2) is 48.6 Å². The average molecular weight is 348 g/mol. The number of nitrogens with zero attached hydrogens (tertiary/aromatic N) is 1. The van der Waals surface area contributed by atoms with Crippen molar-refractivity contribution in [1.29, 1.82) is 0 Å². The van der Waals surface area contributed by atoms with Crippen LogP contribution in [0.25, 0.3) is 10.8 Å². The third kappa shape index (κ3) is 1.95. The Bertz CT molecular complexity index is 982. The van der Waals surface area contributed by atoms with Crippen molar-refractivity contribution in [3.63, 3.8) is 0 Å². The van der Waals surface area contributed by atoms with Gasteiger partial charge in [-0.1, -0.05) is 36.4 Å². The number of benzene rings is 2. The van der Waals surface area contributed by atoms with Gasteiger partial charge in [-0.2, -0.15) is 5.01 Å². The van der Waals surface area contributed by atoms with E-state index in [-0.39, 0.29) is 46.8 Å². The predicted molar refractivity (Wildman–Crippen MR) is 92.6 cm³/mol. The van der Waals surface area contributed by atoms with E-state index < -0.39 is 5.91 Å². The Morgan fingerprint density at radius 3 is 2.19 bits per heavy atom. The van der Waals surface area contributed by atoms with Gasteiger partial charge in [-0.05, 0) is 41.2 Å². The fourth-order valence-corrected chi connectivity index (χ4v) is 4.58. The quantitative estimate of drug-likeness (QED) is 0.642. The molecule has 1 saturated heterocycles. The summed E-state index contributed by atoms with van der Waals surface area (Å²) in [5.74, 6) is -2.16. The first-order valence-electron chi connectivity index (χ1n) is 8.63. The molecule has 6 heteroatoms. The zero-order chi connectivity index (χ0) is 18.0. The number of carbonyl (C=O) groups is 3. The highest BCUT2D eigenvalue weighted by molar-refractivity contribution is 6.09. The lowest BCUT2D eigenvalue weighted by Gasteiger charge is -2.18. The molecule has 2 aromatic rings. The van der Waals surface area contributed by atoms with Gasteiger partial charge in [-0.25, -0.2) is 0 Å². The summed E-state index contributed by atoms with van der Waals surface area (Å²) in [7, 11) is 0. The topological polar surface area (TPSA) is 86.7 Å². The molecule has 0 unspecified atom stereocenters. The van der Waals surface area contributed by atoms with E-state index >= 15 is 0 Å². The summed E-state index contributed by atoms with van der Waals surface area (Å²) >= 11 is 0. The molecule has 4 atom stereocenters. The molecular formula is C20H16N2O4. The van der Waals surface area contributed by atoms with Crippen LogP contribution in [0.3, 0.4) is 0 Å². The largest absolute Gasteiger partial charge is 0.507 e. The van der Waals surface area contributed by atoms with Gasteiger partial charge in [0.15, 0.2) is 0 Å². The molecular weight excluding hydrogens is 332 g/mol. The summed E-state index contributed by atoms with van der Waals surface area (Å²) < 4.78 is 0. The van der Waals surface area contributed by atoms with Gasteiger partial charge < -0.3 is 5.11 Å². The second kappa shape index (κ2) is 5.17. The first-order valence-corrected chi connectivity index (χ1v) is 8.63. The van der Waals surface area contributed by atoms with E-state index in [1.807, 2.05) is 36.4 Å². The second-order valence-electron chi connectivity index (χ2n) is 7.17. The highest BCUT2D eigenvalue weighted by Gasteiger charge is 2.59. The first kappa shape index (κ1) is 15.1. The molecule has 1 saturated carbocycles. The van der Waals surface area contributed by atoms with Crippen molar-refractivity contribution in [3.8, 4) is 5.75 Å². The van der Waals surface area contributed by atoms with Gasteiger partial charge >= 0.3 is 0 Å². The van der Waals surface area contributed by atoms with Crippen LogP contribution in [0.5, 0.6) is 5.75 Å². The van der Waals surface area contributed by atoms with E-state index in [1.54, 1.807) is 6.07 Å². The van der Waals surface area contributed by atoms with E-state index in [1.165, 1.54) is 6.07 Å². The van der Waals surface area contributed by atoms with E-state index in [0.29, 0.717) is 0 Å². The van der Waals surface area contributed by atoms with Crippen LogP contribution in [0, 0.1) is 23.7 Å². The molecule has 3 aliphatic rings. The second-order valence-corrected chi connectivity index (χ2v) is 7.17. The highest BCUT2D eigenvalue weighted by Crippen LogP contribution is 2.52. The first-order chi connectivity index (χ1) is 12.5. The standard InChI is InChI=1S/C20H16N2O4/c23-15-9-11-4-2-1-3-10(11)8-14(15)18(24)21-22-19(25)16-12-5-6-13(7-12)17(16)20(22)26/h1-6,8-9,12-13,16-17,23H,7H2,(H,21,24)/t12-,13-,16+,17+/m1/s1. The fourth-order valence-electron chi connectivity index (χ4n) is 4.58. The number of carbonyl (C=O) groups excluding carboxylic acids is 3. The summed E-state index contributed by atoms with van der Waals surface area (Å²) in [5, 5.41) is 12.6. The molecule has 6 nitrogen and oxygen atoms in total. The highest BCUT2D eigenvalue weighted by atomic mass is 16.3. The molecule has 2 aliphatic carbocycles. The van der Waals surface area contributed by atoms with Gasteiger partial charge in [0.05, 0.1) is 17.4 Å². The average Bonchev–Trinajstić information content (AvgIpc) is 3.31. The number of hydrogen-bond donors (Lipinski definition) is 2. The Balaban J connectivity index is 1.44. The lowest BCUT2D eigenvalue weighted by atomic mass is 9.85. The van der Waals surface area contributed by atoms with Gasteiger partial charge in [-0.3, -0.25) is 19.8 Å². The lowest BCUT2D eigenvalue weighted by Crippen LogP contribution is -2.47. The number of hydrogen-bond acceptors (Lipinski definition) is 4. The van der Waals surface area contributed by atoms with Crippen LogP contribution in [0.4, 0.5) is 0 Å². The Morgan fingerprint density at radius 2 is 1.58 bits per heavy atom. The summed E-state index contributed by atoms with van der Waals surface area (Å²) in [4.78, 5) is 37.9. The monoisotopic (exact) mass is 348 g/mol. The third-order valence-electron chi connectivity index (χ3n) is 5.79. The van der Waals surface area contributed by atoms with Crippen molar-refractivity contribution in [2.75, 3.05) is 0 Å². The molecule has 26 heavy (non-hydrogen) atoms. The van der Waals surface area contributed by atoms with Crippen molar-refractivity contribution in [3.05, 3.63) is 54.1 Å². The Morgan fingerprint density at radius 1 is 1.00 bits per heavy atom. The molecule has 0 spiro atoms. The minimum Gasteiger partial charge on any atom is -0.507 e. The molecule has 130 valence electrons. The molecule has 3 amide bonds. The SMILES string of the molecule is O=C(NN1C(=O)[C@@H]2[C@@H](C1=O)[C@@H]1C=C[C@@H]2C1)c1cc2ccccc2cc1O. The van der Waals surface area contributed by atoms with Crippen LogP contribution in [0.2, 0.25) is 0 Å². The number of phenols is 1. The Labute approximate surface area is 149 Å². The van der Waals surface area contributed by atoms with Crippen LogP contribution in [0.1, 0.15) is 16.8 Å². The molecule has 1 heterocycles. The third-order valence-corrected chi connectivity index (χ3v) is 5.79. The zero-order valence-electron chi connectivity index (χ0n) is 13.8. The number of hydrazine groups is 1. The Hall–Kier alpha value is -3.15. The van der Waals surface area contributed by atoms with Crippen LogP contribution >= 0.6 is 0 Å². The maximum atomic E-state index is 12.6. The Kier molecular flexibility index (Phi) is 3.01. The fraction of sp³-hybridized carbons (Fsp3) is 0.250. The maximum absolute atomic E-state index is 12.6. The number of allylic oxidation sites excluding steroid dienone is 2. The lowest BCUT2D eigenvalue weighted by molar-refractivity contribution is -0.143. The zero-order valence-corrected chi connectivity index (χ0v) is 13.8. The van der Waals surface area contributed by atoms with Gasteiger partial charge in [0.2, 0.25) is 0 Å². The summed E-state index contributed by atoms with van der Waals surface area (Å²) in [6, 6.07) is 10.4. The number of imide groups is 1. The molecule has 0 aromatic heterocycles. The molecule has 2 aromatic carbocycles. The smallest absolute Gasteiger partial charge is 0.274 e. The molecule has 2 N–H and O–H groups in total. The molecule has 5 rings (SSSR count). The van der Waals surface area contributed by atoms with Gasteiger partial charge in [0, 0.05) is 0 Å². The maximum Gasteiger partial charge on any atom is 0.274 e. The van der Waals surface area contributed by atoms with Crippen LogP contribution in [-0.2, 0) is 9.59 Å². The number of phenolic OH excluding ortho intramolecular Hbond substituents is 1. The number of aromatic hydroxyl groups is 1. The van der Waals surface area contributed by atoms with Crippen molar-refractivity contribution >= 4 is 28.5 Å². The minimum absolute atomic E-state index is 0.0301. The molecule has 2 bridgehead atoms. The van der Waals surface area contributed by atoms with Crippen LogP contribution in [-0.4, -0.2) is 27.8 Å². The van der Waals surface area contributed by atoms with Crippen molar-refractivity contribution in [2.45, 2.75) is 6.42 Å². The van der Waals surface area contributed by atoms with Crippen molar-refractivity contribution in [1.82, 2.24) is 10.4 Å². The van der Waals surface area contributed by atoms with E-state index in [9.17, 15) is 19.5 Å². The summed E-state index contributed by atoms with van der Waals surface area (Å²) in [5.41, 5.74) is 2.44. The van der Waals surface area contributed by atoms with E-state index in [4.69, 9.17) is 0 Å². The number of amides is 3. The van der Waals surface area contributed by atoms with Gasteiger partial charge in [-0.15, -0.1) is 0 Å². The number of fused-ring (bicyclic) bond motifs is 6. The molecule has 2 fully saturated rings. The van der Waals surface area contributed by atoms with Crippen LogP contribution < -0.4 is 5.43 Å². The predicted octanol–water partition coefficient (Wildman–Crippen LogP) is 2.00. The van der Waals surface area contributed by atoms with E-state index in [2.05, 4.69) is 5.43 Å². The number of rotatable bonds is 2. The minimum atomic E-state index is -0.671. The van der Waals surface area contributed by atoms with Gasteiger partial charge in [0.25, 0.3) is 17.7 Å². The van der Waals surface area contributed by atoms with Gasteiger partial charge in [0.1, 0.15) is 5.75 Å². The summed E-state index contributed by atoms with van der Waals surface area (Å²) in [6.45, 7) is 0. The van der Waals surface area contributed by atoms with Crippen molar-refractivity contribution < 1.29 is 19.5 Å². The number of nitrogens with one attached hydrogen (secondary N) is 1. The molecule has 1 aliphatic heterocycles.